The van der Waals surface area contributed by atoms with E-state index in [1.807, 2.05) is 36.4 Å². The zero-order chi connectivity index (χ0) is 27.1. The average Bonchev–Trinajstić information content (AvgIpc) is 3.51. The Kier molecular flexibility index (Phi) is 9.28. The van der Waals surface area contributed by atoms with Gasteiger partial charge in [-0.1, -0.05) is 46.6 Å². The van der Waals surface area contributed by atoms with E-state index in [1.54, 1.807) is 6.07 Å². The fraction of sp³-hybridized carbons (Fsp3) is 0.296. The number of benzene rings is 2. The first kappa shape index (κ1) is 27.5. The van der Waals surface area contributed by atoms with Gasteiger partial charge in [-0.05, 0) is 61.2 Å². The molecule has 0 radical (unpaired) electrons. The minimum Gasteiger partial charge on any atom is -0.494 e. The Bertz CT molecular complexity index is 1350. The summed E-state index contributed by atoms with van der Waals surface area (Å²) in [4.78, 5) is 17.5. The van der Waals surface area contributed by atoms with Crippen LogP contribution in [0.15, 0.2) is 59.1 Å². The first-order valence-corrected chi connectivity index (χ1v) is 12.9. The Morgan fingerprint density at radius 2 is 1.71 bits per heavy atom. The largest absolute Gasteiger partial charge is 0.494 e. The fourth-order valence-electron chi connectivity index (χ4n) is 4.04. The number of carbonyl (C=O) groups is 1. The molecule has 2 aromatic carbocycles. The van der Waals surface area contributed by atoms with Gasteiger partial charge in [0.15, 0.2) is 11.8 Å². The molecule has 0 aliphatic heterocycles. The predicted octanol–water partition coefficient (Wildman–Crippen LogP) is 5.35. The Balaban J connectivity index is 1.36. The molecule has 0 bridgehead atoms. The van der Waals surface area contributed by atoms with E-state index in [2.05, 4.69) is 10.1 Å². The van der Waals surface area contributed by atoms with Crippen molar-refractivity contribution in [2.75, 3.05) is 13.2 Å². The molecule has 1 unspecified atom stereocenters. The zero-order valence-electron chi connectivity index (χ0n) is 20.5. The van der Waals surface area contributed by atoms with Crippen molar-refractivity contribution in [3.63, 3.8) is 0 Å². The minimum atomic E-state index is -0.887. The lowest BCUT2D eigenvalue weighted by Gasteiger charge is -2.18. The highest BCUT2D eigenvalue weighted by Gasteiger charge is 2.29. The van der Waals surface area contributed by atoms with Crippen LogP contribution in [0.1, 0.15) is 52.9 Å². The van der Waals surface area contributed by atoms with E-state index >= 15 is 0 Å². The maximum atomic E-state index is 13.2. The highest BCUT2D eigenvalue weighted by molar-refractivity contribution is 6.42. The number of aromatic nitrogens is 3. The molecule has 38 heavy (non-hydrogen) atoms. The van der Waals surface area contributed by atoms with Crippen LogP contribution in [0.5, 0.6) is 17.5 Å². The summed E-state index contributed by atoms with van der Waals surface area (Å²) < 4.78 is 12.3. The quantitative estimate of drug-likeness (QED) is 0.147. The van der Waals surface area contributed by atoms with Crippen LogP contribution in [-0.2, 0) is 12.8 Å². The number of hydrogen-bond donors (Lipinski definition) is 3. The Hall–Kier alpha value is -3.53. The van der Waals surface area contributed by atoms with Crippen LogP contribution in [-0.4, -0.2) is 43.9 Å². The van der Waals surface area contributed by atoms with Gasteiger partial charge in [0.25, 0.3) is 0 Å². The second-order valence-corrected chi connectivity index (χ2v) is 9.58. The predicted molar refractivity (Wildman–Crippen MR) is 143 cm³/mol. The molecule has 4 N–H and O–H groups in total. The van der Waals surface area contributed by atoms with Crippen LogP contribution in [0.25, 0.3) is 0 Å². The molecule has 0 aliphatic carbocycles. The molecule has 0 aliphatic rings. The number of aromatic hydroxyl groups is 2. The molecule has 0 fully saturated rings. The molecular weight excluding hydrogens is 531 g/mol. The van der Waals surface area contributed by atoms with Crippen molar-refractivity contribution in [1.29, 1.82) is 0 Å². The number of rotatable bonds is 13. The summed E-state index contributed by atoms with van der Waals surface area (Å²) in [5, 5.41) is 25.2. The van der Waals surface area contributed by atoms with Crippen molar-refractivity contribution in [3.05, 3.63) is 87.5 Å². The lowest BCUT2D eigenvalue weighted by molar-refractivity contribution is 0.0891. The van der Waals surface area contributed by atoms with Crippen molar-refractivity contribution in [1.82, 2.24) is 14.7 Å². The van der Waals surface area contributed by atoms with Gasteiger partial charge < -0.3 is 25.2 Å². The van der Waals surface area contributed by atoms with Crippen LogP contribution < -0.4 is 10.5 Å². The molecule has 200 valence electrons. The van der Waals surface area contributed by atoms with Crippen LogP contribution in [0, 0.1) is 0 Å². The Morgan fingerprint density at radius 3 is 2.39 bits per heavy atom. The second-order valence-electron chi connectivity index (χ2n) is 8.76. The highest BCUT2D eigenvalue weighted by Crippen LogP contribution is 2.31. The fourth-order valence-corrected chi connectivity index (χ4v) is 4.36. The highest BCUT2D eigenvalue weighted by atomic mass is 35.5. The Morgan fingerprint density at radius 1 is 1.00 bits per heavy atom. The van der Waals surface area contributed by atoms with Crippen molar-refractivity contribution >= 4 is 29.0 Å². The first-order valence-electron chi connectivity index (χ1n) is 12.2. The van der Waals surface area contributed by atoms with E-state index in [9.17, 15) is 15.0 Å². The van der Waals surface area contributed by atoms with Gasteiger partial charge in [0.2, 0.25) is 17.5 Å². The first-order chi connectivity index (χ1) is 18.4. The summed E-state index contributed by atoms with van der Waals surface area (Å²) in [5.74, 6) is -0.0598. The Labute approximate surface area is 229 Å². The molecule has 0 amide bonds. The number of ether oxygens (including phenoxy) is 1. The molecule has 0 saturated heterocycles. The number of carbonyl (C=O) groups excluding carboxylic acids is 1. The van der Waals surface area contributed by atoms with E-state index in [1.165, 1.54) is 12.1 Å². The summed E-state index contributed by atoms with van der Waals surface area (Å²) in [7, 11) is 0. The minimum absolute atomic E-state index is 0.118. The zero-order valence-corrected chi connectivity index (χ0v) is 22.0. The van der Waals surface area contributed by atoms with Gasteiger partial charge in [-0.25, -0.2) is 0 Å². The van der Waals surface area contributed by atoms with E-state index in [4.69, 9.17) is 38.2 Å². The van der Waals surface area contributed by atoms with Crippen LogP contribution in [0.2, 0.25) is 10.0 Å². The third-order valence-corrected chi connectivity index (χ3v) is 6.77. The molecule has 0 saturated carbocycles. The number of halogens is 2. The van der Waals surface area contributed by atoms with Crippen LogP contribution in [0.4, 0.5) is 0 Å². The van der Waals surface area contributed by atoms with E-state index in [0.717, 1.165) is 15.7 Å². The van der Waals surface area contributed by atoms with E-state index in [0.29, 0.717) is 61.1 Å². The average molecular weight is 559 g/mol. The van der Waals surface area contributed by atoms with Gasteiger partial charge in [-0.2, -0.15) is 4.98 Å². The molecule has 1 atom stereocenters. The summed E-state index contributed by atoms with van der Waals surface area (Å²) in [6.07, 6.45) is 2.67. The summed E-state index contributed by atoms with van der Waals surface area (Å²) in [5.41, 5.74) is 7.50. The topological polar surface area (TPSA) is 137 Å². The maximum Gasteiger partial charge on any atom is 0.240 e. The molecular formula is C27H28Cl2N4O5. The van der Waals surface area contributed by atoms with Crippen LogP contribution in [0.3, 0.4) is 0 Å². The van der Waals surface area contributed by atoms with Gasteiger partial charge in [0.05, 0.1) is 23.1 Å². The molecule has 9 nitrogen and oxygen atoms in total. The molecule has 4 aromatic rings. The SMILES string of the molecule is NCCCCC(C(=O)c1noc(Cc2ccc(OCCc3ccc(Cl)c(Cl)c3)cc2)n1)n1c(O)ccc1O. The molecule has 2 heterocycles. The molecule has 0 spiro atoms. The maximum absolute atomic E-state index is 13.2. The normalized spacial score (nSPS) is 12.0. The summed E-state index contributed by atoms with van der Waals surface area (Å²) in [6.45, 7) is 0.948. The molecule has 4 rings (SSSR count). The van der Waals surface area contributed by atoms with Gasteiger partial charge in [-0.15, -0.1) is 0 Å². The monoisotopic (exact) mass is 558 g/mol. The molecule has 11 heteroatoms. The van der Waals surface area contributed by atoms with E-state index in [-0.39, 0.29) is 23.5 Å². The lowest BCUT2D eigenvalue weighted by Crippen LogP contribution is -2.21. The third-order valence-electron chi connectivity index (χ3n) is 6.03. The standard InChI is InChI=1S/C27H28Cl2N4O5/c28-20-9-6-18(15-21(20)29)12-14-37-19-7-4-17(5-8-19)16-23-31-27(32-38-23)26(36)22(3-1-2-13-30)33-24(34)10-11-25(33)35/h4-11,15,22,34-35H,1-3,12-14,16,30H2. The number of ketones is 1. The smallest absolute Gasteiger partial charge is 0.240 e. The molecule has 2 aromatic heterocycles. The van der Waals surface area contributed by atoms with Crippen molar-refractivity contribution in [2.45, 2.75) is 38.1 Å². The van der Waals surface area contributed by atoms with Crippen LogP contribution >= 0.6 is 23.2 Å². The number of nitrogens with two attached hydrogens (primary N) is 1. The van der Waals surface area contributed by atoms with Gasteiger partial charge >= 0.3 is 0 Å². The van der Waals surface area contributed by atoms with Gasteiger partial charge in [-0.3, -0.25) is 9.36 Å². The lowest BCUT2D eigenvalue weighted by atomic mass is 10.0. The number of unbranched alkanes of at least 4 members (excludes halogenated alkanes) is 1. The van der Waals surface area contributed by atoms with Gasteiger partial charge in [0.1, 0.15) is 11.8 Å². The second kappa shape index (κ2) is 12.8. The summed E-state index contributed by atoms with van der Waals surface area (Å²) in [6, 6.07) is 14.7. The van der Waals surface area contributed by atoms with Crippen molar-refractivity contribution in [3.8, 4) is 17.5 Å². The number of hydrogen-bond acceptors (Lipinski definition) is 8. The number of Topliss-reactive ketones (excluding diaryl/α,β-unsaturated/α-hetero) is 1. The van der Waals surface area contributed by atoms with Crippen molar-refractivity contribution < 1.29 is 24.3 Å². The third kappa shape index (κ3) is 6.86. The summed E-state index contributed by atoms with van der Waals surface area (Å²) >= 11 is 12.0. The van der Waals surface area contributed by atoms with E-state index < -0.39 is 11.8 Å². The van der Waals surface area contributed by atoms with Crippen molar-refractivity contribution in [2.24, 2.45) is 5.73 Å². The van der Waals surface area contributed by atoms with Gasteiger partial charge in [0, 0.05) is 18.6 Å². The number of nitrogens with zero attached hydrogens (tertiary/aromatic N) is 3.